The van der Waals surface area contributed by atoms with Gasteiger partial charge in [-0.05, 0) is 56.4 Å². The number of fused-ring (bicyclic) bond motifs is 1. The Balaban J connectivity index is 0.00000294. The van der Waals surface area contributed by atoms with Crippen LogP contribution in [0.25, 0.3) is 10.1 Å². The molecule has 1 saturated heterocycles. The Labute approximate surface area is 288 Å². The zero-order chi connectivity index (χ0) is 34.9. The summed E-state index contributed by atoms with van der Waals surface area (Å²) in [7, 11) is 1.00. The molecule has 47 heavy (non-hydrogen) atoms. The van der Waals surface area contributed by atoms with E-state index >= 15 is 0 Å². The van der Waals surface area contributed by atoms with Crippen molar-refractivity contribution in [1.82, 2.24) is 0 Å². The molecule has 0 amide bonds. The molecule has 0 bridgehead atoms. The number of carboxylic acids is 1. The van der Waals surface area contributed by atoms with Crippen molar-refractivity contribution in [3.8, 4) is 0 Å². The number of rotatable bonds is 14. The molecule has 2 heterocycles. The fourth-order valence-electron chi connectivity index (χ4n) is 6.71. The summed E-state index contributed by atoms with van der Waals surface area (Å²) in [5, 5.41) is 39.3. The van der Waals surface area contributed by atoms with Crippen molar-refractivity contribution in [1.29, 1.82) is 0 Å². The van der Waals surface area contributed by atoms with E-state index in [9.17, 15) is 19.8 Å². The molecule has 9 atom stereocenters. The number of Topliss-reactive ketones (excluding diaryl/α,β-unsaturated/α-hetero) is 1. The third kappa shape index (κ3) is 9.53. The SMILES string of the molecule is CC[C@H]1OC(OC(/C=C/C2[C@@H](C/C=C\CCCC(=O)O)C(=O)C(C)(C)[C@H]2C)CCc2sc3ccccc3c2Cl)C(O)[C@@H](C)C1O.CO. The topological polar surface area (TPSA) is 134 Å². The first-order chi connectivity index (χ1) is 22.4. The molecular weight excluding hydrogens is 640 g/mol. The van der Waals surface area contributed by atoms with Gasteiger partial charge in [-0.25, -0.2) is 0 Å². The van der Waals surface area contributed by atoms with Gasteiger partial charge in [0.15, 0.2) is 6.29 Å². The van der Waals surface area contributed by atoms with Gasteiger partial charge in [0, 0.05) is 45.7 Å². The fraction of sp³-hybridized carbons (Fsp3) is 0.622. The quantitative estimate of drug-likeness (QED) is 0.121. The number of benzene rings is 1. The Bertz CT molecular complexity index is 1370. The maximum Gasteiger partial charge on any atom is 0.303 e. The Morgan fingerprint density at radius 1 is 1.15 bits per heavy atom. The molecule has 4 rings (SSSR count). The van der Waals surface area contributed by atoms with Crippen LogP contribution in [0.5, 0.6) is 0 Å². The van der Waals surface area contributed by atoms with E-state index in [4.69, 9.17) is 31.3 Å². The molecule has 1 aromatic heterocycles. The lowest BCUT2D eigenvalue weighted by atomic mass is 9.79. The summed E-state index contributed by atoms with van der Waals surface area (Å²) in [6, 6.07) is 8.07. The summed E-state index contributed by atoms with van der Waals surface area (Å²) in [6.45, 7) is 9.90. The number of unbranched alkanes of at least 4 members (excludes halogenated alkanes) is 1. The first kappa shape index (κ1) is 39.3. The Morgan fingerprint density at radius 3 is 2.51 bits per heavy atom. The number of allylic oxidation sites excluding steroid dienone is 3. The number of carbonyl (C=O) groups excluding carboxylic acids is 1. The van der Waals surface area contributed by atoms with Crippen molar-refractivity contribution in [2.45, 2.75) is 110 Å². The van der Waals surface area contributed by atoms with Gasteiger partial charge < -0.3 is 29.9 Å². The standard InChI is InChI=1S/C36H49ClO7S.CH4O/c1-6-27-32(40)21(2)33(41)35(44-27)43-23(18-20-29-31(37)26-14-11-12-15-28(26)45-29)17-19-24-22(3)36(4,5)34(42)25(24)13-9-7-8-10-16-30(38)39;1-2/h7,9,11-12,14-15,17,19,21-25,27,32-33,35,40-41H,6,8,10,13,16,18,20H2,1-5H3,(H,38,39);2H,1H3/b9-7-,19-17+;/t21-,22-,23?,24?,25+,27+,32?,33?,35?;/m0./s1. The Hall–Kier alpha value is -2.11. The number of aliphatic hydroxyl groups is 3. The number of hydrogen-bond acceptors (Lipinski definition) is 8. The molecule has 262 valence electrons. The van der Waals surface area contributed by atoms with Crippen LogP contribution in [0.2, 0.25) is 5.02 Å². The van der Waals surface area contributed by atoms with Crippen molar-refractivity contribution in [3.63, 3.8) is 0 Å². The minimum absolute atomic E-state index is 0.0171. The minimum Gasteiger partial charge on any atom is -0.481 e. The van der Waals surface area contributed by atoms with E-state index in [0.29, 0.717) is 38.5 Å². The normalized spacial score (nSPS) is 29.8. The van der Waals surface area contributed by atoms with Gasteiger partial charge in [0.25, 0.3) is 0 Å². The van der Waals surface area contributed by atoms with E-state index in [0.717, 1.165) is 27.1 Å². The summed E-state index contributed by atoms with van der Waals surface area (Å²) < 4.78 is 13.7. The van der Waals surface area contributed by atoms with E-state index in [1.165, 1.54) is 0 Å². The van der Waals surface area contributed by atoms with Crippen molar-refractivity contribution >= 4 is 44.8 Å². The largest absolute Gasteiger partial charge is 0.481 e. The second-order valence-corrected chi connectivity index (χ2v) is 14.8. The number of aliphatic carboxylic acids is 1. The molecule has 0 spiro atoms. The van der Waals surface area contributed by atoms with Gasteiger partial charge in [-0.2, -0.15) is 0 Å². The lowest BCUT2D eigenvalue weighted by Gasteiger charge is -2.42. The summed E-state index contributed by atoms with van der Waals surface area (Å²) in [5.41, 5.74) is -0.486. The third-order valence-electron chi connectivity index (χ3n) is 10.0. The highest BCUT2D eigenvalue weighted by Crippen LogP contribution is 2.49. The van der Waals surface area contributed by atoms with E-state index in [2.05, 4.69) is 19.1 Å². The number of halogens is 1. The van der Waals surface area contributed by atoms with Gasteiger partial charge in [-0.1, -0.05) is 88.7 Å². The van der Waals surface area contributed by atoms with Gasteiger partial charge in [0.2, 0.25) is 0 Å². The number of carbonyl (C=O) groups is 2. The number of hydrogen-bond donors (Lipinski definition) is 4. The molecular formula is C37H53ClO8S. The number of aryl methyl sites for hydroxylation is 1. The molecule has 1 aliphatic heterocycles. The Kier molecular flexibility index (Phi) is 15.1. The highest BCUT2D eigenvalue weighted by Gasteiger charge is 2.51. The molecule has 4 N–H and O–H groups in total. The predicted octanol–water partition coefficient (Wildman–Crippen LogP) is 7.21. The van der Waals surface area contributed by atoms with Crippen molar-refractivity contribution in [2.75, 3.05) is 7.11 Å². The number of thiophene rings is 1. The summed E-state index contributed by atoms with van der Waals surface area (Å²) in [6.07, 6.45) is 8.42. The number of ketones is 1. The van der Waals surface area contributed by atoms with Crippen LogP contribution in [0.4, 0.5) is 0 Å². The van der Waals surface area contributed by atoms with Crippen LogP contribution in [0.1, 0.15) is 78.0 Å². The second-order valence-electron chi connectivity index (χ2n) is 13.3. The first-order valence-corrected chi connectivity index (χ1v) is 17.9. The molecule has 1 aromatic carbocycles. The summed E-state index contributed by atoms with van der Waals surface area (Å²) >= 11 is 8.44. The van der Waals surface area contributed by atoms with E-state index in [-0.39, 0.29) is 30.0 Å². The number of ether oxygens (including phenoxy) is 2. The minimum atomic E-state index is -0.989. The number of carboxylic acid groups (broad SMARTS) is 1. The van der Waals surface area contributed by atoms with Gasteiger partial charge in [-0.15, -0.1) is 11.3 Å². The lowest BCUT2D eigenvalue weighted by Crippen LogP contribution is -2.54. The van der Waals surface area contributed by atoms with Crippen LogP contribution in [-0.2, 0) is 25.5 Å². The molecule has 1 aliphatic carbocycles. The maximum atomic E-state index is 13.6. The van der Waals surface area contributed by atoms with Gasteiger partial charge >= 0.3 is 5.97 Å². The van der Waals surface area contributed by atoms with Gasteiger partial charge in [0.1, 0.15) is 11.9 Å². The van der Waals surface area contributed by atoms with Crippen molar-refractivity contribution in [2.24, 2.45) is 29.1 Å². The zero-order valence-corrected chi connectivity index (χ0v) is 30.0. The van der Waals surface area contributed by atoms with Crippen LogP contribution in [0.3, 0.4) is 0 Å². The highest BCUT2D eigenvalue weighted by molar-refractivity contribution is 7.19. The smallest absolute Gasteiger partial charge is 0.303 e. The average Bonchev–Trinajstić information content (AvgIpc) is 3.46. The molecule has 0 radical (unpaired) electrons. The van der Waals surface area contributed by atoms with E-state index in [1.807, 2.05) is 64.1 Å². The molecule has 10 heteroatoms. The van der Waals surface area contributed by atoms with Crippen LogP contribution in [0, 0.1) is 29.1 Å². The van der Waals surface area contributed by atoms with Gasteiger partial charge in [0.05, 0.1) is 23.3 Å². The number of aliphatic hydroxyl groups excluding tert-OH is 3. The third-order valence-corrected chi connectivity index (χ3v) is 11.8. The van der Waals surface area contributed by atoms with Crippen molar-refractivity contribution in [3.05, 3.63) is 58.5 Å². The summed E-state index contributed by atoms with van der Waals surface area (Å²) in [5.74, 6) is -1.10. The highest BCUT2D eigenvalue weighted by atomic mass is 35.5. The molecule has 2 aromatic rings. The predicted molar refractivity (Wildman–Crippen MR) is 188 cm³/mol. The van der Waals surface area contributed by atoms with Crippen LogP contribution in [-0.4, -0.2) is 70.0 Å². The van der Waals surface area contributed by atoms with E-state index in [1.54, 1.807) is 11.3 Å². The van der Waals surface area contributed by atoms with Crippen molar-refractivity contribution < 1.29 is 39.5 Å². The second kappa shape index (κ2) is 18.0. The average molecular weight is 693 g/mol. The summed E-state index contributed by atoms with van der Waals surface area (Å²) in [4.78, 5) is 25.5. The first-order valence-electron chi connectivity index (χ1n) is 16.7. The van der Waals surface area contributed by atoms with Crippen LogP contribution < -0.4 is 0 Å². The van der Waals surface area contributed by atoms with E-state index < -0.39 is 48.0 Å². The molecule has 8 nitrogen and oxygen atoms in total. The monoisotopic (exact) mass is 692 g/mol. The van der Waals surface area contributed by atoms with Crippen LogP contribution in [0.15, 0.2) is 48.6 Å². The lowest BCUT2D eigenvalue weighted by molar-refractivity contribution is -0.291. The fourth-order valence-corrected chi connectivity index (χ4v) is 8.25. The Morgan fingerprint density at radius 2 is 1.85 bits per heavy atom. The zero-order valence-electron chi connectivity index (χ0n) is 28.5. The molecule has 1 saturated carbocycles. The molecule has 2 aliphatic rings. The molecule has 2 fully saturated rings. The van der Waals surface area contributed by atoms with Gasteiger partial charge in [-0.3, -0.25) is 9.59 Å². The van der Waals surface area contributed by atoms with Crippen LogP contribution >= 0.6 is 22.9 Å². The maximum absolute atomic E-state index is 13.6. The molecule has 5 unspecified atom stereocenters.